The lowest BCUT2D eigenvalue weighted by atomic mass is 10.1. The van der Waals surface area contributed by atoms with Crippen molar-refractivity contribution >= 4 is 40.3 Å². The van der Waals surface area contributed by atoms with Crippen molar-refractivity contribution in [3.05, 3.63) is 71.1 Å². The van der Waals surface area contributed by atoms with Gasteiger partial charge in [-0.25, -0.2) is 19.0 Å². The molecular weight excluding hydrogens is 475 g/mol. The number of aliphatic hydroxyl groups is 1. The number of hydrogen-bond donors (Lipinski definition) is 3. The van der Waals surface area contributed by atoms with Crippen LogP contribution in [-0.2, 0) is 11.3 Å². The molecule has 1 heterocycles. The van der Waals surface area contributed by atoms with Gasteiger partial charge in [-0.15, -0.1) is 0 Å². The van der Waals surface area contributed by atoms with E-state index in [9.17, 15) is 19.1 Å². The van der Waals surface area contributed by atoms with Gasteiger partial charge < -0.3 is 20.1 Å². The summed E-state index contributed by atoms with van der Waals surface area (Å²) in [5, 5.41) is 17.1. The van der Waals surface area contributed by atoms with Crippen LogP contribution < -0.4 is 10.6 Å². The zero-order chi connectivity index (χ0) is 25.4. The second-order valence-corrected chi connectivity index (χ2v) is 8.59. The van der Waals surface area contributed by atoms with E-state index in [0.29, 0.717) is 24.2 Å². The van der Waals surface area contributed by atoms with Gasteiger partial charge >= 0.3 is 12.1 Å². The summed E-state index contributed by atoms with van der Waals surface area (Å²) in [6.45, 7) is 1.64. The van der Waals surface area contributed by atoms with E-state index in [-0.39, 0.29) is 30.2 Å². The predicted octanol–water partition coefficient (Wildman–Crippen LogP) is 4.95. The molecule has 0 spiro atoms. The molecule has 0 aliphatic carbocycles. The Morgan fingerprint density at radius 2 is 1.91 bits per heavy atom. The first kappa shape index (κ1) is 26.2. The maximum atomic E-state index is 13.2. The molecule has 186 valence electrons. The SMILES string of the molecule is CC(CCC(CO)OC(=O)Nc1cc2ccccc2cn1)N(C)C(=O)NCc1ccc(F)cc1Cl. The maximum Gasteiger partial charge on any atom is 0.413 e. The number of halogens is 2. The van der Waals surface area contributed by atoms with Gasteiger partial charge in [0.15, 0.2) is 0 Å². The number of anilines is 1. The summed E-state index contributed by atoms with van der Waals surface area (Å²) in [7, 11) is 1.64. The molecule has 3 aromatic rings. The quantitative estimate of drug-likeness (QED) is 0.384. The summed E-state index contributed by atoms with van der Waals surface area (Å²) in [5.74, 6) is -0.102. The van der Waals surface area contributed by atoms with Gasteiger partial charge in [-0.1, -0.05) is 41.9 Å². The number of benzene rings is 2. The molecule has 3 rings (SSSR count). The van der Waals surface area contributed by atoms with E-state index in [1.54, 1.807) is 19.3 Å². The summed E-state index contributed by atoms with van der Waals surface area (Å²) in [5.41, 5.74) is 0.600. The van der Waals surface area contributed by atoms with Gasteiger partial charge in [-0.2, -0.15) is 0 Å². The van der Waals surface area contributed by atoms with E-state index >= 15 is 0 Å². The molecule has 3 amide bonds. The average molecular weight is 503 g/mol. The zero-order valence-electron chi connectivity index (χ0n) is 19.5. The van der Waals surface area contributed by atoms with Crippen LogP contribution in [0.1, 0.15) is 25.3 Å². The highest BCUT2D eigenvalue weighted by Gasteiger charge is 2.20. The van der Waals surface area contributed by atoms with E-state index in [1.807, 2.05) is 31.2 Å². The minimum Gasteiger partial charge on any atom is -0.444 e. The van der Waals surface area contributed by atoms with Gasteiger partial charge in [-0.05, 0) is 48.9 Å². The smallest absolute Gasteiger partial charge is 0.413 e. The van der Waals surface area contributed by atoms with Crippen molar-refractivity contribution in [3.63, 3.8) is 0 Å². The van der Waals surface area contributed by atoms with Crippen LogP contribution in [0.3, 0.4) is 0 Å². The molecule has 3 N–H and O–H groups in total. The fourth-order valence-corrected chi connectivity index (χ4v) is 3.64. The van der Waals surface area contributed by atoms with Crippen LogP contribution >= 0.6 is 11.6 Å². The Balaban J connectivity index is 1.45. The van der Waals surface area contributed by atoms with Gasteiger partial charge in [-0.3, -0.25) is 5.32 Å². The first-order valence-corrected chi connectivity index (χ1v) is 11.5. The monoisotopic (exact) mass is 502 g/mol. The number of amides is 3. The maximum absolute atomic E-state index is 13.2. The molecule has 0 radical (unpaired) electrons. The van der Waals surface area contributed by atoms with Crippen molar-refractivity contribution in [3.8, 4) is 0 Å². The number of urea groups is 1. The number of ether oxygens (including phenoxy) is 1. The van der Waals surface area contributed by atoms with E-state index in [2.05, 4.69) is 15.6 Å². The van der Waals surface area contributed by atoms with Crippen LogP contribution in [0.4, 0.5) is 19.8 Å². The molecule has 0 aliphatic rings. The van der Waals surface area contributed by atoms with Crippen LogP contribution in [0.5, 0.6) is 0 Å². The van der Waals surface area contributed by atoms with Crippen LogP contribution in [0, 0.1) is 5.82 Å². The largest absolute Gasteiger partial charge is 0.444 e. The third-order valence-corrected chi connectivity index (χ3v) is 6.02. The summed E-state index contributed by atoms with van der Waals surface area (Å²) in [6, 6.07) is 12.8. The van der Waals surface area contributed by atoms with Crippen molar-refractivity contribution in [1.82, 2.24) is 15.2 Å². The van der Waals surface area contributed by atoms with Crippen molar-refractivity contribution in [1.29, 1.82) is 0 Å². The second kappa shape index (κ2) is 12.3. The van der Waals surface area contributed by atoms with Gasteiger partial charge in [0, 0.05) is 36.2 Å². The number of hydrogen-bond acceptors (Lipinski definition) is 5. The summed E-state index contributed by atoms with van der Waals surface area (Å²) in [4.78, 5) is 30.4. The Morgan fingerprint density at radius 3 is 2.63 bits per heavy atom. The number of fused-ring (bicyclic) bond motifs is 1. The number of aromatic nitrogens is 1. The van der Waals surface area contributed by atoms with Crippen LogP contribution in [-0.4, -0.2) is 52.9 Å². The highest BCUT2D eigenvalue weighted by atomic mass is 35.5. The van der Waals surface area contributed by atoms with Gasteiger partial charge in [0.1, 0.15) is 17.7 Å². The molecule has 2 unspecified atom stereocenters. The number of pyridine rings is 1. The first-order chi connectivity index (χ1) is 16.8. The lowest BCUT2D eigenvalue weighted by Gasteiger charge is -2.26. The molecular formula is C25H28ClFN4O4. The third-order valence-electron chi connectivity index (χ3n) is 5.67. The number of nitrogens with one attached hydrogen (secondary N) is 2. The van der Waals surface area contributed by atoms with Gasteiger partial charge in [0.05, 0.1) is 6.61 Å². The normalized spacial score (nSPS) is 12.6. The minimum absolute atomic E-state index is 0.153. The molecule has 0 fully saturated rings. The van der Waals surface area contributed by atoms with Crippen molar-refractivity contribution in [2.45, 2.75) is 38.5 Å². The Hall–Kier alpha value is -3.43. The molecule has 8 nitrogen and oxygen atoms in total. The topological polar surface area (TPSA) is 104 Å². The molecule has 10 heteroatoms. The number of nitrogens with zero attached hydrogens (tertiary/aromatic N) is 2. The van der Waals surface area contributed by atoms with Gasteiger partial charge in [0.2, 0.25) is 0 Å². The van der Waals surface area contributed by atoms with E-state index in [0.717, 1.165) is 10.8 Å². The predicted molar refractivity (Wildman–Crippen MR) is 133 cm³/mol. The highest BCUT2D eigenvalue weighted by molar-refractivity contribution is 6.31. The number of carbonyl (C=O) groups is 2. The molecule has 2 atom stereocenters. The molecule has 2 aromatic carbocycles. The standard InChI is InChI=1S/C25H28ClFN4O4/c1-16(31(2)24(33)29-14-19-8-9-20(27)12-22(19)26)7-10-21(15-32)35-25(34)30-23-11-17-5-3-4-6-18(17)13-28-23/h3-6,8-9,11-13,16,21,32H,7,10,14-15H2,1-2H3,(H,29,33)(H,28,30,34). The number of aliphatic hydroxyl groups excluding tert-OH is 1. The molecule has 1 aromatic heterocycles. The van der Waals surface area contributed by atoms with E-state index in [1.165, 1.54) is 23.1 Å². The third kappa shape index (κ3) is 7.53. The molecule has 0 saturated carbocycles. The van der Waals surface area contributed by atoms with Crippen LogP contribution in [0.15, 0.2) is 54.7 Å². The van der Waals surface area contributed by atoms with Crippen molar-refractivity contribution in [2.24, 2.45) is 0 Å². The fraction of sp³-hybridized carbons (Fsp3) is 0.320. The number of carbonyl (C=O) groups excluding carboxylic acids is 2. The second-order valence-electron chi connectivity index (χ2n) is 8.18. The Morgan fingerprint density at radius 1 is 1.17 bits per heavy atom. The zero-order valence-corrected chi connectivity index (χ0v) is 20.3. The summed E-state index contributed by atoms with van der Waals surface area (Å²) < 4.78 is 18.5. The lowest BCUT2D eigenvalue weighted by molar-refractivity contribution is 0.0564. The highest BCUT2D eigenvalue weighted by Crippen LogP contribution is 2.18. The minimum atomic E-state index is -0.743. The fourth-order valence-electron chi connectivity index (χ4n) is 3.41. The summed E-state index contributed by atoms with van der Waals surface area (Å²) >= 11 is 5.99. The summed E-state index contributed by atoms with van der Waals surface area (Å²) in [6.07, 6.45) is 1.02. The first-order valence-electron chi connectivity index (χ1n) is 11.1. The molecule has 35 heavy (non-hydrogen) atoms. The van der Waals surface area contributed by atoms with Crippen molar-refractivity contribution in [2.75, 3.05) is 19.0 Å². The Bertz CT molecular complexity index is 1180. The lowest BCUT2D eigenvalue weighted by Crippen LogP contribution is -2.42. The van der Waals surface area contributed by atoms with Crippen molar-refractivity contribution < 1.29 is 23.8 Å². The van der Waals surface area contributed by atoms with Crippen LogP contribution in [0.25, 0.3) is 10.8 Å². The van der Waals surface area contributed by atoms with Crippen LogP contribution in [0.2, 0.25) is 5.02 Å². The Kier molecular flexibility index (Phi) is 9.22. The number of rotatable bonds is 9. The van der Waals surface area contributed by atoms with E-state index in [4.69, 9.17) is 16.3 Å². The average Bonchev–Trinajstić information content (AvgIpc) is 2.85. The van der Waals surface area contributed by atoms with E-state index < -0.39 is 18.0 Å². The Labute approximate surface area is 208 Å². The molecule has 0 aliphatic heterocycles. The molecule has 0 bridgehead atoms. The molecule has 0 saturated heterocycles. The van der Waals surface area contributed by atoms with Gasteiger partial charge in [0.25, 0.3) is 0 Å².